The molecule has 16 heavy (non-hydrogen) atoms. The molecule has 2 N–H and O–H groups in total. The van der Waals surface area contributed by atoms with Gasteiger partial charge in [-0.15, -0.1) is 0 Å². The van der Waals surface area contributed by atoms with Crippen LogP contribution in [0.4, 0.5) is 5.69 Å². The Morgan fingerprint density at radius 3 is 2.88 bits per heavy atom. The highest BCUT2D eigenvalue weighted by molar-refractivity contribution is 9.10. The lowest BCUT2D eigenvalue weighted by atomic mass is 9.92. The molecule has 0 spiro atoms. The Labute approximate surface area is 104 Å². The van der Waals surface area contributed by atoms with E-state index >= 15 is 0 Å². The maximum Gasteiger partial charge on any atom is 0.219 e. The van der Waals surface area contributed by atoms with E-state index in [0.717, 1.165) is 28.7 Å². The van der Waals surface area contributed by atoms with Crippen molar-refractivity contribution in [1.29, 1.82) is 0 Å². The van der Waals surface area contributed by atoms with Gasteiger partial charge in [0.25, 0.3) is 0 Å². The molecule has 1 aliphatic heterocycles. The fourth-order valence-corrected chi connectivity index (χ4v) is 3.10. The summed E-state index contributed by atoms with van der Waals surface area (Å²) < 4.78 is 1.04. The van der Waals surface area contributed by atoms with Gasteiger partial charge in [0.15, 0.2) is 0 Å². The fraction of sp³-hybridized carbons (Fsp3) is 0.417. The summed E-state index contributed by atoms with van der Waals surface area (Å²) in [6.45, 7) is 4.41. The van der Waals surface area contributed by atoms with Crippen LogP contribution in [-0.4, -0.2) is 17.4 Å². The van der Waals surface area contributed by atoms with E-state index in [-0.39, 0.29) is 11.9 Å². The Kier molecular flexibility index (Phi) is 2.93. The molecule has 1 aromatic carbocycles. The van der Waals surface area contributed by atoms with Crippen LogP contribution in [0.1, 0.15) is 31.0 Å². The molecular weight excluding hydrogens is 268 g/mol. The number of halogens is 1. The van der Waals surface area contributed by atoms with E-state index in [9.17, 15) is 4.79 Å². The van der Waals surface area contributed by atoms with Gasteiger partial charge in [-0.1, -0.05) is 15.9 Å². The van der Waals surface area contributed by atoms with Crippen LogP contribution in [0.25, 0.3) is 0 Å². The van der Waals surface area contributed by atoms with Gasteiger partial charge in [-0.2, -0.15) is 0 Å². The summed E-state index contributed by atoms with van der Waals surface area (Å²) >= 11 is 3.54. The molecule has 0 saturated heterocycles. The van der Waals surface area contributed by atoms with E-state index in [1.807, 2.05) is 24.0 Å². The second kappa shape index (κ2) is 4.09. The Hall–Kier alpha value is -1.03. The summed E-state index contributed by atoms with van der Waals surface area (Å²) in [5, 5.41) is 0. The van der Waals surface area contributed by atoms with Gasteiger partial charge in [0.2, 0.25) is 5.91 Å². The van der Waals surface area contributed by atoms with E-state index in [2.05, 4.69) is 15.9 Å². The normalized spacial score (nSPS) is 19.4. The van der Waals surface area contributed by atoms with Crippen LogP contribution < -0.4 is 5.73 Å². The lowest BCUT2D eigenvalue weighted by molar-refractivity contribution is -0.131. The number of carbonyl (C=O) groups is 1. The van der Waals surface area contributed by atoms with E-state index < -0.39 is 0 Å². The summed E-state index contributed by atoms with van der Waals surface area (Å²) in [5.74, 6) is 0.118. The van der Waals surface area contributed by atoms with Crippen LogP contribution in [0.3, 0.4) is 0 Å². The van der Waals surface area contributed by atoms with Gasteiger partial charge in [-0.05, 0) is 36.6 Å². The number of fused-ring (bicyclic) bond motifs is 1. The van der Waals surface area contributed by atoms with E-state index in [4.69, 9.17) is 5.73 Å². The van der Waals surface area contributed by atoms with Crippen LogP contribution in [0.15, 0.2) is 16.6 Å². The number of benzene rings is 1. The molecule has 2 rings (SSSR count). The smallest absolute Gasteiger partial charge is 0.219 e. The molecule has 3 nitrogen and oxygen atoms in total. The van der Waals surface area contributed by atoms with Crippen molar-refractivity contribution in [3.8, 4) is 0 Å². The average Bonchev–Trinajstić information content (AvgIpc) is 2.23. The summed E-state index contributed by atoms with van der Waals surface area (Å²) in [6.07, 6.45) is 0.838. The first-order valence-corrected chi connectivity index (χ1v) is 6.15. The monoisotopic (exact) mass is 282 g/mol. The zero-order chi connectivity index (χ0) is 11.9. The van der Waals surface area contributed by atoms with Crippen molar-refractivity contribution in [2.75, 3.05) is 12.3 Å². The van der Waals surface area contributed by atoms with Crippen LogP contribution in [0.2, 0.25) is 0 Å². The Morgan fingerprint density at radius 1 is 1.56 bits per heavy atom. The Bertz CT molecular complexity index is 445. The summed E-state index contributed by atoms with van der Waals surface area (Å²) in [7, 11) is 0. The quantitative estimate of drug-likeness (QED) is 0.744. The molecule has 1 aliphatic rings. The van der Waals surface area contributed by atoms with Gasteiger partial charge in [-0.25, -0.2) is 0 Å². The molecule has 0 aliphatic carbocycles. The molecule has 4 heteroatoms. The fourth-order valence-electron chi connectivity index (χ4n) is 2.40. The minimum atomic E-state index is 0.0964. The second-order valence-electron chi connectivity index (χ2n) is 4.17. The third kappa shape index (κ3) is 1.71. The summed E-state index contributed by atoms with van der Waals surface area (Å²) in [6, 6.07) is 3.96. The third-order valence-corrected chi connectivity index (χ3v) is 3.92. The molecule has 0 aromatic heterocycles. The number of rotatable bonds is 0. The predicted molar refractivity (Wildman–Crippen MR) is 68.1 cm³/mol. The minimum Gasteiger partial charge on any atom is -0.398 e. The van der Waals surface area contributed by atoms with Crippen LogP contribution >= 0.6 is 15.9 Å². The third-order valence-electron chi connectivity index (χ3n) is 3.23. The Morgan fingerprint density at radius 2 is 2.25 bits per heavy atom. The number of nitrogen functional groups attached to an aromatic ring is 1. The molecule has 1 heterocycles. The number of carbonyl (C=O) groups excluding carboxylic acids is 1. The average molecular weight is 283 g/mol. The summed E-state index contributed by atoms with van der Waals surface area (Å²) in [5.41, 5.74) is 9.13. The van der Waals surface area contributed by atoms with E-state index in [0.29, 0.717) is 0 Å². The van der Waals surface area contributed by atoms with Gasteiger partial charge >= 0.3 is 0 Å². The molecular formula is C12H15BrN2O. The first-order valence-electron chi connectivity index (χ1n) is 5.36. The molecule has 1 unspecified atom stereocenters. The molecule has 0 fully saturated rings. The molecule has 0 bridgehead atoms. The number of anilines is 1. The number of amides is 1. The van der Waals surface area contributed by atoms with Crippen molar-refractivity contribution in [1.82, 2.24) is 4.90 Å². The highest BCUT2D eigenvalue weighted by Crippen LogP contribution is 2.37. The minimum absolute atomic E-state index is 0.0964. The van der Waals surface area contributed by atoms with Crippen molar-refractivity contribution in [3.63, 3.8) is 0 Å². The maximum absolute atomic E-state index is 11.5. The van der Waals surface area contributed by atoms with Crippen LogP contribution in [0.5, 0.6) is 0 Å². The van der Waals surface area contributed by atoms with Crippen LogP contribution in [-0.2, 0) is 11.2 Å². The SMILES string of the molecule is CC(=O)N1CCc2c(N)ccc(Br)c2C1C. The van der Waals surface area contributed by atoms with Crippen molar-refractivity contribution in [2.24, 2.45) is 0 Å². The highest BCUT2D eigenvalue weighted by Gasteiger charge is 2.28. The number of hydrogen-bond acceptors (Lipinski definition) is 2. The lowest BCUT2D eigenvalue weighted by Crippen LogP contribution is -2.37. The van der Waals surface area contributed by atoms with Crippen molar-refractivity contribution < 1.29 is 4.79 Å². The predicted octanol–water partition coefficient (Wildman–Crippen LogP) is 2.50. The second-order valence-corrected chi connectivity index (χ2v) is 5.02. The molecule has 0 radical (unpaired) electrons. The van der Waals surface area contributed by atoms with Crippen molar-refractivity contribution in [2.45, 2.75) is 26.3 Å². The first-order chi connectivity index (χ1) is 7.52. The number of nitrogens with zero attached hydrogens (tertiary/aromatic N) is 1. The zero-order valence-electron chi connectivity index (χ0n) is 9.46. The van der Waals surface area contributed by atoms with E-state index in [1.165, 1.54) is 5.56 Å². The highest BCUT2D eigenvalue weighted by atomic mass is 79.9. The standard InChI is InChI=1S/C12H15BrN2O/c1-7-12-9(5-6-15(7)8(2)16)11(14)4-3-10(12)13/h3-4,7H,5-6,14H2,1-2H3. The van der Waals surface area contributed by atoms with Crippen LogP contribution in [0, 0.1) is 0 Å². The van der Waals surface area contributed by atoms with Gasteiger partial charge in [-0.3, -0.25) is 4.79 Å². The van der Waals surface area contributed by atoms with E-state index in [1.54, 1.807) is 6.92 Å². The lowest BCUT2D eigenvalue weighted by Gasteiger charge is -2.35. The van der Waals surface area contributed by atoms with Gasteiger partial charge in [0.1, 0.15) is 0 Å². The summed E-state index contributed by atoms with van der Waals surface area (Å²) in [4.78, 5) is 13.4. The van der Waals surface area contributed by atoms with Gasteiger partial charge < -0.3 is 10.6 Å². The molecule has 86 valence electrons. The van der Waals surface area contributed by atoms with Crippen molar-refractivity contribution in [3.05, 3.63) is 27.7 Å². The van der Waals surface area contributed by atoms with Gasteiger partial charge in [0, 0.05) is 23.6 Å². The number of hydrogen-bond donors (Lipinski definition) is 1. The van der Waals surface area contributed by atoms with Gasteiger partial charge in [0.05, 0.1) is 6.04 Å². The largest absolute Gasteiger partial charge is 0.398 e. The molecule has 1 amide bonds. The molecule has 0 saturated carbocycles. The molecule has 1 aromatic rings. The maximum atomic E-state index is 11.5. The topological polar surface area (TPSA) is 46.3 Å². The Balaban J connectivity index is 2.52. The first kappa shape index (κ1) is 11.5. The number of nitrogens with two attached hydrogens (primary N) is 1. The zero-order valence-corrected chi connectivity index (χ0v) is 11.0. The van der Waals surface area contributed by atoms with Crippen molar-refractivity contribution >= 4 is 27.5 Å². The molecule has 1 atom stereocenters.